The smallest absolute Gasteiger partial charge is 0.248 e. The van der Waals surface area contributed by atoms with E-state index in [2.05, 4.69) is 20.8 Å². The van der Waals surface area contributed by atoms with E-state index >= 15 is 0 Å². The van der Waals surface area contributed by atoms with Crippen LogP contribution in [0.1, 0.15) is 16.7 Å². The molecule has 0 aliphatic rings. The Morgan fingerprint density at radius 3 is 2.39 bits per heavy atom. The van der Waals surface area contributed by atoms with Crippen LogP contribution in [0, 0.1) is 6.92 Å². The van der Waals surface area contributed by atoms with Gasteiger partial charge in [-0.1, -0.05) is 71.9 Å². The molecule has 3 aromatic carbocycles. The summed E-state index contributed by atoms with van der Waals surface area (Å²) in [5.74, 6) is 0.662. The summed E-state index contributed by atoms with van der Waals surface area (Å²) in [5.41, 5.74) is 4.76. The van der Waals surface area contributed by atoms with E-state index in [1.54, 1.807) is 6.08 Å². The number of carbonyl (C=O) groups is 2. The maximum atomic E-state index is 12.3. The first-order valence-electron chi connectivity index (χ1n) is 11.5. The van der Waals surface area contributed by atoms with Gasteiger partial charge in [0.05, 0.1) is 5.75 Å². The molecule has 4 aromatic rings. The van der Waals surface area contributed by atoms with E-state index in [9.17, 15) is 9.59 Å². The number of hydrogen-bond donors (Lipinski definition) is 2. The van der Waals surface area contributed by atoms with Gasteiger partial charge in [0, 0.05) is 30.9 Å². The van der Waals surface area contributed by atoms with Gasteiger partial charge in [0.2, 0.25) is 11.8 Å². The molecule has 0 bridgehead atoms. The van der Waals surface area contributed by atoms with Crippen LogP contribution in [0.15, 0.2) is 90.1 Å². The Morgan fingerprint density at radius 2 is 1.67 bits per heavy atom. The van der Waals surface area contributed by atoms with E-state index < -0.39 is 0 Å². The first-order valence-corrected chi connectivity index (χ1v) is 12.5. The van der Waals surface area contributed by atoms with Crippen molar-refractivity contribution in [3.63, 3.8) is 0 Å². The van der Waals surface area contributed by atoms with Crippen molar-refractivity contribution < 1.29 is 9.59 Å². The number of rotatable bonds is 9. The molecule has 7 nitrogen and oxygen atoms in total. The van der Waals surface area contributed by atoms with Crippen molar-refractivity contribution in [2.24, 2.45) is 7.05 Å². The van der Waals surface area contributed by atoms with Crippen molar-refractivity contribution >= 4 is 35.3 Å². The van der Waals surface area contributed by atoms with Crippen molar-refractivity contribution in [2.45, 2.75) is 18.6 Å². The van der Waals surface area contributed by atoms with Crippen LogP contribution in [0.25, 0.3) is 17.5 Å². The molecule has 0 spiro atoms. The van der Waals surface area contributed by atoms with Crippen molar-refractivity contribution in [3.05, 3.63) is 102 Å². The largest absolute Gasteiger partial charge is 0.351 e. The molecule has 0 fully saturated rings. The van der Waals surface area contributed by atoms with Crippen LogP contribution >= 0.6 is 11.8 Å². The number of carbonyl (C=O) groups excluding carboxylic acids is 2. The Kier molecular flexibility index (Phi) is 8.31. The lowest BCUT2D eigenvalue weighted by molar-refractivity contribution is -0.118. The molecule has 4 rings (SSSR count). The summed E-state index contributed by atoms with van der Waals surface area (Å²) in [6, 6.07) is 25.1. The molecule has 2 amide bonds. The van der Waals surface area contributed by atoms with Gasteiger partial charge in [-0.3, -0.25) is 9.59 Å². The predicted molar refractivity (Wildman–Crippen MR) is 144 cm³/mol. The van der Waals surface area contributed by atoms with E-state index in [4.69, 9.17) is 0 Å². The molecule has 2 N–H and O–H groups in total. The lowest BCUT2D eigenvalue weighted by Crippen LogP contribution is -2.24. The van der Waals surface area contributed by atoms with Gasteiger partial charge in [0.15, 0.2) is 11.0 Å². The fourth-order valence-corrected chi connectivity index (χ4v) is 4.14. The van der Waals surface area contributed by atoms with Gasteiger partial charge in [0.25, 0.3) is 0 Å². The molecule has 0 saturated heterocycles. The lowest BCUT2D eigenvalue weighted by Gasteiger charge is -2.07. The summed E-state index contributed by atoms with van der Waals surface area (Å²) in [7, 11) is 1.87. The summed E-state index contributed by atoms with van der Waals surface area (Å²) in [6.45, 7) is 2.53. The monoisotopic (exact) mass is 497 g/mol. The number of benzene rings is 3. The van der Waals surface area contributed by atoms with E-state index in [1.807, 2.05) is 97.4 Å². The molecule has 182 valence electrons. The number of aromatic nitrogens is 3. The fraction of sp³-hybridized carbons (Fsp3) is 0.143. The van der Waals surface area contributed by atoms with Gasteiger partial charge in [-0.05, 0) is 48.4 Å². The topological polar surface area (TPSA) is 88.9 Å². The van der Waals surface area contributed by atoms with Gasteiger partial charge < -0.3 is 15.2 Å². The molecule has 0 aliphatic heterocycles. The fourth-order valence-electron chi connectivity index (χ4n) is 3.40. The highest BCUT2D eigenvalue weighted by Gasteiger charge is 2.13. The second kappa shape index (κ2) is 12.0. The number of thioether (sulfide) groups is 1. The molecule has 36 heavy (non-hydrogen) atoms. The molecule has 8 heteroatoms. The van der Waals surface area contributed by atoms with E-state index in [0.29, 0.717) is 23.2 Å². The second-order valence-electron chi connectivity index (χ2n) is 8.23. The second-order valence-corrected chi connectivity index (χ2v) is 9.17. The zero-order valence-corrected chi connectivity index (χ0v) is 21.0. The number of anilines is 1. The summed E-state index contributed by atoms with van der Waals surface area (Å²) in [6.07, 6.45) is 3.28. The highest BCUT2D eigenvalue weighted by molar-refractivity contribution is 7.99. The van der Waals surface area contributed by atoms with Crippen LogP contribution in [0.5, 0.6) is 0 Å². The molecular formula is C28H27N5O2S. The zero-order chi connectivity index (χ0) is 25.3. The molecular weight excluding hydrogens is 470 g/mol. The van der Waals surface area contributed by atoms with Crippen molar-refractivity contribution in [1.82, 2.24) is 20.1 Å². The van der Waals surface area contributed by atoms with Crippen LogP contribution in [0.3, 0.4) is 0 Å². The average Bonchev–Trinajstić information content (AvgIpc) is 3.27. The number of hydrogen-bond acceptors (Lipinski definition) is 5. The van der Waals surface area contributed by atoms with E-state index in [-0.39, 0.29) is 17.6 Å². The van der Waals surface area contributed by atoms with Gasteiger partial charge in [-0.2, -0.15) is 0 Å². The molecule has 1 heterocycles. The summed E-state index contributed by atoms with van der Waals surface area (Å²) in [4.78, 5) is 24.5. The number of aryl methyl sites for hydroxylation is 1. The van der Waals surface area contributed by atoms with Gasteiger partial charge >= 0.3 is 0 Å². The number of nitrogens with zero attached hydrogens (tertiary/aromatic N) is 3. The molecule has 0 atom stereocenters. The SMILES string of the molecule is Cc1ccc(CNC(=O)CSc2nnc(-c3ccc(NC(=O)/C=C/c4ccccc4)cc3)n2C)cc1. The van der Waals surface area contributed by atoms with Crippen molar-refractivity contribution in [1.29, 1.82) is 0 Å². The third-order valence-electron chi connectivity index (χ3n) is 5.41. The zero-order valence-electron chi connectivity index (χ0n) is 20.1. The van der Waals surface area contributed by atoms with Crippen LogP contribution in [0.4, 0.5) is 5.69 Å². The third-order valence-corrected chi connectivity index (χ3v) is 6.44. The van der Waals surface area contributed by atoms with Gasteiger partial charge in [0.1, 0.15) is 0 Å². The highest BCUT2D eigenvalue weighted by Crippen LogP contribution is 2.24. The normalized spacial score (nSPS) is 10.9. The van der Waals surface area contributed by atoms with Crippen molar-refractivity contribution in [2.75, 3.05) is 11.1 Å². The molecule has 1 aromatic heterocycles. The van der Waals surface area contributed by atoms with E-state index in [1.165, 1.54) is 23.4 Å². The molecule has 0 unspecified atom stereocenters. The number of amides is 2. The van der Waals surface area contributed by atoms with Gasteiger partial charge in [-0.15, -0.1) is 10.2 Å². The minimum atomic E-state index is -0.204. The average molecular weight is 498 g/mol. The first-order chi connectivity index (χ1) is 17.5. The summed E-state index contributed by atoms with van der Waals surface area (Å²) >= 11 is 1.34. The first kappa shape index (κ1) is 24.9. The summed E-state index contributed by atoms with van der Waals surface area (Å²) < 4.78 is 1.86. The molecule has 0 aliphatic carbocycles. The Labute approximate surface area is 214 Å². The van der Waals surface area contributed by atoms with Crippen LogP contribution < -0.4 is 10.6 Å². The molecule has 0 radical (unpaired) electrons. The van der Waals surface area contributed by atoms with Crippen molar-refractivity contribution in [3.8, 4) is 11.4 Å². The Bertz CT molecular complexity index is 1350. The Balaban J connectivity index is 1.29. The standard InChI is InChI=1S/C28H27N5O2S/c1-20-8-10-22(11-9-20)18-29-26(35)19-36-28-32-31-27(33(28)2)23-13-15-24(16-14-23)30-25(34)17-12-21-6-4-3-5-7-21/h3-17H,18-19H2,1-2H3,(H,29,35)(H,30,34)/b17-12+. The minimum Gasteiger partial charge on any atom is -0.351 e. The minimum absolute atomic E-state index is 0.0634. The highest BCUT2D eigenvalue weighted by atomic mass is 32.2. The molecule has 0 saturated carbocycles. The maximum Gasteiger partial charge on any atom is 0.248 e. The Morgan fingerprint density at radius 1 is 0.944 bits per heavy atom. The third kappa shape index (κ3) is 6.93. The van der Waals surface area contributed by atoms with Gasteiger partial charge in [-0.25, -0.2) is 0 Å². The Hall–Kier alpha value is -4.17. The van der Waals surface area contributed by atoms with Crippen LogP contribution in [-0.4, -0.2) is 32.3 Å². The summed E-state index contributed by atoms with van der Waals surface area (Å²) in [5, 5.41) is 14.9. The van der Waals surface area contributed by atoms with E-state index in [0.717, 1.165) is 16.7 Å². The quantitative estimate of drug-likeness (QED) is 0.255. The van der Waals surface area contributed by atoms with Crippen LogP contribution in [0.2, 0.25) is 0 Å². The maximum absolute atomic E-state index is 12.3. The predicted octanol–water partition coefficient (Wildman–Crippen LogP) is 4.85. The lowest BCUT2D eigenvalue weighted by atomic mass is 10.1. The number of nitrogens with one attached hydrogen (secondary N) is 2. The van der Waals surface area contributed by atoms with Crippen LogP contribution in [-0.2, 0) is 23.2 Å².